The molecule has 0 bridgehead atoms. The molecule has 1 aromatic carbocycles. The number of piperidine rings is 1. The smallest absolute Gasteiger partial charge is 0.270 e. The molecule has 1 aliphatic rings. The third-order valence-electron chi connectivity index (χ3n) is 5.04. The number of aliphatic hydroxyl groups is 1. The summed E-state index contributed by atoms with van der Waals surface area (Å²) in [7, 11) is 0. The van der Waals surface area contributed by atoms with Crippen molar-refractivity contribution in [3.63, 3.8) is 0 Å². The van der Waals surface area contributed by atoms with E-state index in [1.807, 2.05) is 30.9 Å². The van der Waals surface area contributed by atoms with Gasteiger partial charge in [0.05, 0.1) is 5.60 Å². The summed E-state index contributed by atoms with van der Waals surface area (Å²) in [6, 6.07) is 8.18. The van der Waals surface area contributed by atoms with Gasteiger partial charge in [-0.15, -0.1) is 0 Å². The van der Waals surface area contributed by atoms with Crippen LogP contribution >= 0.6 is 0 Å². The van der Waals surface area contributed by atoms with Crippen molar-refractivity contribution in [2.45, 2.75) is 52.1 Å². The molecule has 0 aliphatic carbocycles. The van der Waals surface area contributed by atoms with Crippen molar-refractivity contribution in [1.82, 2.24) is 9.88 Å². The van der Waals surface area contributed by atoms with Gasteiger partial charge in [0, 0.05) is 24.0 Å². The number of hydrogen-bond acceptors (Lipinski definition) is 2. The second-order valence-electron chi connectivity index (χ2n) is 7.67. The summed E-state index contributed by atoms with van der Waals surface area (Å²) < 4.78 is 0. The number of aromatic nitrogens is 1. The first-order valence-electron chi connectivity index (χ1n) is 8.99. The van der Waals surface area contributed by atoms with Gasteiger partial charge in [0.15, 0.2) is 0 Å². The van der Waals surface area contributed by atoms with E-state index in [1.165, 1.54) is 5.56 Å². The normalized spacial score (nSPS) is 16.8. The van der Waals surface area contributed by atoms with E-state index in [1.54, 1.807) is 0 Å². The molecular formula is C20H28N2O2. The van der Waals surface area contributed by atoms with Crippen LogP contribution in [0, 0.1) is 5.92 Å². The average molecular weight is 328 g/mol. The first kappa shape index (κ1) is 17.0. The standard InChI is InChI=1S/C20H28N2O2/c1-4-15-6-5-7-16-12-17(21-18(15)16)19(23)22-10-8-14(9-11-22)13-20(2,3)24/h5-7,12,14,21,24H,4,8-11,13H2,1-3H3. The number of likely N-dealkylation sites (tertiary alicyclic amines) is 1. The molecule has 130 valence electrons. The number of hydrogen-bond donors (Lipinski definition) is 2. The van der Waals surface area contributed by atoms with Gasteiger partial charge in [0.25, 0.3) is 5.91 Å². The summed E-state index contributed by atoms with van der Waals surface area (Å²) in [5.41, 5.74) is 2.40. The maximum Gasteiger partial charge on any atom is 0.270 e. The summed E-state index contributed by atoms with van der Waals surface area (Å²) in [5, 5.41) is 11.1. The molecule has 2 N–H and O–H groups in total. The number of H-pyrrole nitrogens is 1. The zero-order valence-electron chi connectivity index (χ0n) is 14.9. The number of aromatic amines is 1. The minimum absolute atomic E-state index is 0.0926. The molecule has 4 nitrogen and oxygen atoms in total. The number of amides is 1. The Morgan fingerprint density at radius 3 is 2.67 bits per heavy atom. The molecule has 2 heterocycles. The molecule has 1 aromatic heterocycles. The van der Waals surface area contributed by atoms with Crippen LogP contribution in [0.3, 0.4) is 0 Å². The SMILES string of the molecule is CCc1cccc2cc(C(=O)N3CCC(CC(C)(C)O)CC3)[nH]c12. The summed E-state index contributed by atoms with van der Waals surface area (Å²) in [6.07, 6.45) is 3.70. The second kappa shape index (κ2) is 6.60. The van der Waals surface area contributed by atoms with Gasteiger partial charge in [0.2, 0.25) is 0 Å². The molecule has 1 amide bonds. The molecule has 0 saturated carbocycles. The lowest BCUT2D eigenvalue weighted by atomic mass is 9.86. The van der Waals surface area contributed by atoms with Crippen LogP contribution in [0.25, 0.3) is 10.9 Å². The Balaban J connectivity index is 1.70. The molecule has 2 aromatic rings. The molecule has 1 aliphatic heterocycles. The van der Waals surface area contributed by atoms with E-state index in [4.69, 9.17) is 0 Å². The van der Waals surface area contributed by atoms with Gasteiger partial charge < -0.3 is 15.0 Å². The zero-order valence-corrected chi connectivity index (χ0v) is 14.9. The lowest BCUT2D eigenvalue weighted by Gasteiger charge is -2.34. The highest BCUT2D eigenvalue weighted by Crippen LogP contribution is 2.27. The van der Waals surface area contributed by atoms with E-state index in [0.717, 1.165) is 49.7 Å². The molecule has 24 heavy (non-hydrogen) atoms. The third kappa shape index (κ3) is 3.64. The number of fused-ring (bicyclic) bond motifs is 1. The molecule has 0 unspecified atom stereocenters. The van der Waals surface area contributed by atoms with E-state index in [0.29, 0.717) is 11.6 Å². The van der Waals surface area contributed by atoms with Crippen LogP contribution in [-0.4, -0.2) is 39.6 Å². The Bertz CT molecular complexity index is 719. The number of carbonyl (C=O) groups is 1. The molecule has 3 rings (SSSR count). The number of rotatable bonds is 4. The first-order valence-corrected chi connectivity index (χ1v) is 8.99. The van der Waals surface area contributed by atoms with Crippen LogP contribution in [0.15, 0.2) is 24.3 Å². The molecule has 0 radical (unpaired) electrons. The fraction of sp³-hybridized carbons (Fsp3) is 0.550. The topological polar surface area (TPSA) is 56.3 Å². The van der Waals surface area contributed by atoms with Crippen LogP contribution in [0.2, 0.25) is 0 Å². The number of para-hydroxylation sites is 1. The number of aryl methyl sites for hydroxylation is 1. The van der Waals surface area contributed by atoms with Crippen molar-refractivity contribution < 1.29 is 9.90 Å². The summed E-state index contributed by atoms with van der Waals surface area (Å²) in [4.78, 5) is 18.1. The molecule has 0 spiro atoms. The highest BCUT2D eigenvalue weighted by atomic mass is 16.3. The van der Waals surface area contributed by atoms with Gasteiger partial charge in [-0.1, -0.05) is 25.1 Å². The lowest BCUT2D eigenvalue weighted by Crippen LogP contribution is -2.40. The first-order chi connectivity index (χ1) is 11.4. The van der Waals surface area contributed by atoms with Crippen molar-refractivity contribution in [2.24, 2.45) is 5.92 Å². The van der Waals surface area contributed by atoms with Crippen LogP contribution < -0.4 is 0 Å². The van der Waals surface area contributed by atoms with Gasteiger partial charge in [-0.25, -0.2) is 0 Å². The summed E-state index contributed by atoms with van der Waals surface area (Å²) in [5.74, 6) is 0.596. The number of nitrogens with zero attached hydrogens (tertiary/aromatic N) is 1. The van der Waals surface area contributed by atoms with Crippen LogP contribution in [0.1, 0.15) is 56.1 Å². The van der Waals surface area contributed by atoms with Crippen molar-refractivity contribution in [1.29, 1.82) is 0 Å². The minimum Gasteiger partial charge on any atom is -0.390 e. The predicted molar refractivity (Wildman–Crippen MR) is 97.2 cm³/mol. The summed E-state index contributed by atoms with van der Waals surface area (Å²) in [6.45, 7) is 7.40. The van der Waals surface area contributed by atoms with Gasteiger partial charge in [-0.3, -0.25) is 4.79 Å². The van der Waals surface area contributed by atoms with Crippen molar-refractivity contribution in [3.8, 4) is 0 Å². The highest BCUT2D eigenvalue weighted by molar-refractivity contribution is 5.98. The van der Waals surface area contributed by atoms with Gasteiger partial charge in [-0.05, 0) is 57.1 Å². The summed E-state index contributed by atoms with van der Waals surface area (Å²) >= 11 is 0. The fourth-order valence-electron chi connectivity index (χ4n) is 3.85. The van der Waals surface area contributed by atoms with Crippen LogP contribution in [-0.2, 0) is 6.42 Å². The van der Waals surface area contributed by atoms with Crippen LogP contribution in [0.5, 0.6) is 0 Å². The van der Waals surface area contributed by atoms with Crippen molar-refractivity contribution in [3.05, 3.63) is 35.5 Å². The largest absolute Gasteiger partial charge is 0.390 e. The number of carbonyl (C=O) groups excluding carboxylic acids is 1. The molecular weight excluding hydrogens is 300 g/mol. The van der Waals surface area contributed by atoms with E-state index in [9.17, 15) is 9.90 Å². The Kier molecular flexibility index (Phi) is 4.68. The van der Waals surface area contributed by atoms with Crippen LogP contribution in [0.4, 0.5) is 0 Å². The van der Waals surface area contributed by atoms with E-state index in [-0.39, 0.29) is 5.91 Å². The quantitative estimate of drug-likeness (QED) is 0.898. The number of nitrogens with one attached hydrogen (secondary N) is 1. The van der Waals surface area contributed by atoms with Gasteiger partial charge >= 0.3 is 0 Å². The maximum absolute atomic E-state index is 12.8. The molecule has 1 saturated heterocycles. The maximum atomic E-state index is 12.8. The Hall–Kier alpha value is -1.81. The van der Waals surface area contributed by atoms with Crippen molar-refractivity contribution >= 4 is 16.8 Å². The second-order valence-corrected chi connectivity index (χ2v) is 7.67. The fourth-order valence-corrected chi connectivity index (χ4v) is 3.85. The predicted octanol–water partition coefficient (Wildman–Crippen LogP) is 3.74. The molecule has 0 atom stereocenters. The van der Waals surface area contributed by atoms with E-state index < -0.39 is 5.60 Å². The molecule has 4 heteroatoms. The van der Waals surface area contributed by atoms with Gasteiger partial charge in [0.1, 0.15) is 5.69 Å². The highest BCUT2D eigenvalue weighted by Gasteiger charge is 2.28. The average Bonchev–Trinajstić information content (AvgIpc) is 2.97. The molecule has 1 fully saturated rings. The Morgan fingerprint density at radius 1 is 1.33 bits per heavy atom. The third-order valence-corrected chi connectivity index (χ3v) is 5.04. The lowest BCUT2D eigenvalue weighted by molar-refractivity contribution is 0.0357. The number of benzene rings is 1. The monoisotopic (exact) mass is 328 g/mol. The van der Waals surface area contributed by atoms with Crippen molar-refractivity contribution in [2.75, 3.05) is 13.1 Å². The van der Waals surface area contributed by atoms with Gasteiger partial charge in [-0.2, -0.15) is 0 Å². The Labute approximate surface area is 143 Å². The van der Waals surface area contributed by atoms with E-state index >= 15 is 0 Å². The minimum atomic E-state index is -0.620. The Morgan fingerprint density at radius 2 is 2.04 bits per heavy atom. The van der Waals surface area contributed by atoms with E-state index in [2.05, 4.69) is 24.0 Å². The zero-order chi connectivity index (χ0) is 17.3.